The van der Waals surface area contributed by atoms with Gasteiger partial charge in [0.15, 0.2) is 11.5 Å². The Bertz CT molecular complexity index is 588. The molecule has 0 aliphatic carbocycles. The first-order valence-electron chi connectivity index (χ1n) is 8.44. The van der Waals surface area contributed by atoms with Crippen LogP contribution in [0.2, 0.25) is 0 Å². The molecule has 0 unspecified atom stereocenters. The second-order valence-corrected chi connectivity index (χ2v) is 5.92. The lowest BCUT2D eigenvalue weighted by molar-refractivity contribution is -0.129. The van der Waals surface area contributed by atoms with Crippen LogP contribution in [0.3, 0.4) is 0 Å². The first kappa shape index (κ1) is 18.1. The minimum Gasteiger partial charge on any atom is -0.486 e. The fourth-order valence-corrected chi connectivity index (χ4v) is 2.59. The summed E-state index contributed by atoms with van der Waals surface area (Å²) in [5, 5.41) is 0. The number of carbonyl (C=O) groups excluding carboxylic acids is 2. The van der Waals surface area contributed by atoms with Crippen molar-refractivity contribution < 1.29 is 19.1 Å². The highest BCUT2D eigenvalue weighted by Gasteiger charge is 2.18. The van der Waals surface area contributed by atoms with Crippen molar-refractivity contribution in [1.82, 2.24) is 4.90 Å². The molecule has 1 aliphatic rings. The van der Waals surface area contributed by atoms with Crippen molar-refractivity contribution in [1.29, 1.82) is 0 Å². The third-order valence-electron chi connectivity index (χ3n) is 4.04. The molecular formula is C18H26N2O4. The predicted octanol–water partition coefficient (Wildman–Crippen LogP) is 2.46. The van der Waals surface area contributed by atoms with E-state index in [0.717, 1.165) is 25.1 Å². The van der Waals surface area contributed by atoms with E-state index in [4.69, 9.17) is 9.47 Å². The summed E-state index contributed by atoms with van der Waals surface area (Å²) in [6.45, 7) is 5.72. The molecule has 2 rings (SSSR count). The number of rotatable bonds is 7. The van der Waals surface area contributed by atoms with Crippen LogP contribution in [-0.2, 0) is 9.59 Å². The molecule has 6 nitrogen and oxygen atoms in total. The number of hydrogen-bond donors (Lipinski definition) is 0. The summed E-state index contributed by atoms with van der Waals surface area (Å²) in [6, 6.07) is 5.41. The highest BCUT2D eigenvalue weighted by molar-refractivity contribution is 5.92. The molecule has 0 saturated heterocycles. The second-order valence-electron chi connectivity index (χ2n) is 5.92. The van der Waals surface area contributed by atoms with Gasteiger partial charge >= 0.3 is 0 Å². The molecule has 0 spiro atoms. The van der Waals surface area contributed by atoms with Gasteiger partial charge in [-0.25, -0.2) is 0 Å². The maximum absolute atomic E-state index is 12.2. The highest BCUT2D eigenvalue weighted by Crippen LogP contribution is 2.34. The minimum absolute atomic E-state index is 0.0484. The van der Waals surface area contributed by atoms with Crippen molar-refractivity contribution in [2.45, 2.75) is 33.1 Å². The van der Waals surface area contributed by atoms with Gasteiger partial charge in [0.1, 0.15) is 13.2 Å². The zero-order valence-corrected chi connectivity index (χ0v) is 14.7. The summed E-state index contributed by atoms with van der Waals surface area (Å²) >= 11 is 0. The van der Waals surface area contributed by atoms with E-state index in [1.54, 1.807) is 29.0 Å². The molecule has 2 amide bonds. The summed E-state index contributed by atoms with van der Waals surface area (Å²) in [5.41, 5.74) is 0.718. The molecule has 0 atom stereocenters. The van der Waals surface area contributed by atoms with Gasteiger partial charge in [-0.2, -0.15) is 0 Å². The summed E-state index contributed by atoms with van der Waals surface area (Å²) in [6.07, 6.45) is 2.34. The summed E-state index contributed by atoms with van der Waals surface area (Å²) in [7, 11) is 1.81. The molecule has 24 heavy (non-hydrogen) atoms. The Kier molecular flexibility index (Phi) is 6.46. The number of ether oxygens (including phenoxy) is 2. The maximum atomic E-state index is 12.2. The van der Waals surface area contributed by atoms with Crippen LogP contribution in [-0.4, -0.2) is 50.1 Å². The van der Waals surface area contributed by atoms with Crippen molar-refractivity contribution in [3.63, 3.8) is 0 Å². The van der Waals surface area contributed by atoms with Crippen LogP contribution in [0.4, 0.5) is 5.69 Å². The van der Waals surface area contributed by atoms with Gasteiger partial charge in [-0.15, -0.1) is 0 Å². The molecule has 0 fully saturated rings. The molecule has 0 N–H and O–H groups in total. The van der Waals surface area contributed by atoms with Crippen molar-refractivity contribution in [2.24, 2.45) is 0 Å². The van der Waals surface area contributed by atoms with Crippen LogP contribution < -0.4 is 14.4 Å². The molecule has 0 saturated carbocycles. The standard InChI is InChI=1S/C18H26N2O4/c1-4-5-9-19(3)18(22)8-10-20(14(2)21)15-6-7-16-17(13-15)24-12-11-23-16/h6-7,13H,4-5,8-12H2,1-3H3. The van der Waals surface area contributed by atoms with Crippen LogP contribution in [0.25, 0.3) is 0 Å². The summed E-state index contributed by atoms with van der Waals surface area (Å²) in [5.74, 6) is 1.27. The van der Waals surface area contributed by atoms with Gasteiger partial charge < -0.3 is 19.3 Å². The normalized spacial score (nSPS) is 12.6. The molecule has 1 heterocycles. The van der Waals surface area contributed by atoms with Gasteiger partial charge in [0.05, 0.1) is 0 Å². The zero-order chi connectivity index (χ0) is 17.5. The molecule has 0 radical (unpaired) electrons. The van der Waals surface area contributed by atoms with E-state index in [2.05, 4.69) is 6.92 Å². The molecule has 6 heteroatoms. The van der Waals surface area contributed by atoms with Crippen molar-refractivity contribution in [2.75, 3.05) is 38.3 Å². The largest absolute Gasteiger partial charge is 0.486 e. The van der Waals surface area contributed by atoms with Gasteiger partial charge in [-0.05, 0) is 18.6 Å². The number of carbonyl (C=O) groups is 2. The van der Waals surface area contributed by atoms with E-state index < -0.39 is 0 Å². The number of hydrogen-bond acceptors (Lipinski definition) is 4. The van der Waals surface area contributed by atoms with Gasteiger partial charge in [-0.3, -0.25) is 9.59 Å². The number of benzene rings is 1. The highest BCUT2D eigenvalue weighted by atomic mass is 16.6. The molecule has 0 bridgehead atoms. The smallest absolute Gasteiger partial charge is 0.224 e. The Balaban J connectivity index is 2.02. The number of amides is 2. The molecule has 132 valence electrons. The van der Waals surface area contributed by atoms with Crippen LogP contribution >= 0.6 is 0 Å². The zero-order valence-electron chi connectivity index (χ0n) is 14.7. The topological polar surface area (TPSA) is 59.1 Å². The van der Waals surface area contributed by atoms with E-state index >= 15 is 0 Å². The molecule has 0 aromatic heterocycles. The number of fused-ring (bicyclic) bond motifs is 1. The predicted molar refractivity (Wildman–Crippen MR) is 92.6 cm³/mol. The fourth-order valence-electron chi connectivity index (χ4n) is 2.59. The third-order valence-corrected chi connectivity index (χ3v) is 4.04. The Morgan fingerprint density at radius 3 is 2.50 bits per heavy atom. The molecular weight excluding hydrogens is 308 g/mol. The Morgan fingerprint density at radius 2 is 1.83 bits per heavy atom. The van der Waals surface area contributed by atoms with E-state index in [0.29, 0.717) is 37.7 Å². The molecule has 1 aromatic carbocycles. The van der Waals surface area contributed by atoms with E-state index in [1.165, 1.54) is 6.92 Å². The van der Waals surface area contributed by atoms with Gasteiger partial charge in [-0.1, -0.05) is 13.3 Å². The SMILES string of the molecule is CCCCN(C)C(=O)CCN(C(C)=O)c1ccc2c(c1)OCCO2. The lowest BCUT2D eigenvalue weighted by atomic mass is 10.2. The average Bonchev–Trinajstić information content (AvgIpc) is 2.59. The summed E-state index contributed by atoms with van der Waals surface area (Å²) in [4.78, 5) is 27.5. The first-order valence-corrected chi connectivity index (χ1v) is 8.44. The van der Waals surface area contributed by atoms with Gasteiger partial charge in [0.2, 0.25) is 11.8 Å². The maximum Gasteiger partial charge on any atom is 0.224 e. The van der Waals surface area contributed by atoms with Crippen molar-refractivity contribution in [3.8, 4) is 11.5 Å². The minimum atomic E-state index is -0.101. The van der Waals surface area contributed by atoms with Crippen LogP contribution in [0.5, 0.6) is 11.5 Å². The Hall–Kier alpha value is -2.24. The number of unbranched alkanes of at least 4 members (excludes halogenated alkanes) is 1. The lowest BCUT2D eigenvalue weighted by Gasteiger charge is -2.25. The van der Waals surface area contributed by atoms with E-state index in [1.807, 2.05) is 6.07 Å². The molecule has 1 aromatic rings. The Morgan fingerprint density at radius 1 is 1.12 bits per heavy atom. The monoisotopic (exact) mass is 334 g/mol. The van der Waals surface area contributed by atoms with Gasteiger partial charge in [0.25, 0.3) is 0 Å². The Labute approximate surface area is 143 Å². The van der Waals surface area contributed by atoms with E-state index in [9.17, 15) is 9.59 Å². The number of anilines is 1. The van der Waals surface area contributed by atoms with Crippen molar-refractivity contribution >= 4 is 17.5 Å². The number of nitrogens with zero attached hydrogens (tertiary/aromatic N) is 2. The van der Waals surface area contributed by atoms with E-state index in [-0.39, 0.29) is 11.8 Å². The van der Waals surface area contributed by atoms with Crippen molar-refractivity contribution in [3.05, 3.63) is 18.2 Å². The van der Waals surface area contributed by atoms with Crippen LogP contribution in [0.1, 0.15) is 33.1 Å². The quantitative estimate of drug-likeness (QED) is 0.768. The lowest BCUT2D eigenvalue weighted by Crippen LogP contribution is -2.35. The summed E-state index contributed by atoms with van der Waals surface area (Å²) < 4.78 is 11.1. The first-order chi connectivity index (χ1) is 11.5. The molecule has 1 aliphatic heterocycles. The van der Waals surface area contributed by atoms with Crippen LogP contribution in [0.15, 0.2) is 18.2 Å². The second kappa shape index (κ2) is 8.57. The fraction of sp³-hybridized carbons (Fsp3) is 0.556. The average molecular weight is 334 g/mol. The van der Waals surface area contributed by atoms with Crippen LogP contribution in [0, 0.1) is 0 Å². The van der Waals surface area contributed by atoms with Gasteiger partial charge in [0, 0.05) is 45.2 Å². The third kappa shape index (κ3) is 4.63.